The molecular formula is C16H29N3S. The van der Waals surface area contributed by atoms with Crippen LogP contribution in [0.2, 0.25) is 0 Å². The summed E-state index contributed by atoms with van der Waals surface area (Å²) in [5.41, 5.74) is 1.41. The molecule has 0 spiro atoms. The second-order valence-electron chi connectivity index (χ2n) is 6.89. The summed E-state index contributed by atoms with van der Waals surface area (Å²) in [6.07, 6.45) is 5.33. The molecule has 1 atom stereocenters. The van der Waals surface area contributed by atoms with Crippen molar-refractivity contribution in [2.45, 2.75) is 64.5 Å². The van der Waals surface area contributed by atoms with Crippen molar-refractivity contribution >= 4 is 11.3 Å². The van der Waals surface area contributed by atoms with Crippen molar-refractivity contribution in [2.24, 2.45) is 0 Å². The first kappa shape index (κ1) is 15.9. The molecule has 0 bridgehead atoms. The molecule has 2 rings (SSSR count). The summed E-state index contributed by atoms with van der Waals surface area (Å²) < 4.78 is 0. The third kappa shape index (κ3) is 4.27. The van der Waals surface area contributed by atoms with Crippen LogP contribution < -0.4 is 5.32 Å². The molecule has 0 radical (unpaired) electrons. The molecule has 1 unspecified atom stereocenters. The quantitative estimate of drug-likeness (QED) is 0.902. The molecule has 2 heterocycles. The first-order chi connectivity index (χ1) is 9.50. The minimum atomic E-state index is 0.169. The van der Waals surface area contributed by atoms with Crippen LogP contribution in [0.4, 0.5) is 0 Å². The molecule has 1 aliphatic rings. The summed E-state index contributed by atoms with van der Waals surface area (Å²) >= 11 is 1.83. The highest BCUT2D eigenvalue weighted by molar-refractivity contribution is 7.09. The number of nitrogens with zero attached hydrogens (tertiary/aromatic N) is 2. The van der Waals surface area contributed by atoms with Gasteiger partial charge in [-0.2, -0.15) is 0 Å². The third-order valence-corrected chi connectivity index (χ3v) is 4.97. The summed E-state index contributed by atoms with van der Waals surface area (Å²) in [5.74, 6) is 0. The average molecular weight is 295 g/mol. The predicted octanol–water partition coefficient (Wildman–Crippen LogP) is 3.40. The number of nitrogens with one attached hydrogen (secondary N) is 1. The number of likely N-dealkylation sites (tertiary alicyclic amines) is 1. The molecule has 1 aromatic rings. The van der Waals surface area contributed by atoms with E-state index in [0.29, 0.717) is 0 Å². The van der Waals surface area contributed by atoms with Crippen LogP contribution in [0.25, 0.3) is 0 Å². The van der Waals surface area contributed by atoms with Gasteiger partial charge >= 0.3 is 0 Å². The molecule has 3 nitrogen and oxygen atoms in total. The Bertz CT molecular complexity index is 408. The standard InChI is InChI=1S/C16H29N3S/c1-16(2,3)14-12-20-15(18-14)11-19-10-6-5-7-13(19)8-9-17-4/h12-13,17H,5-11H2,1-4H3. The van der Waals surface area contributed by atoms with Gasteiger partial charge in [0.2, 0.25) is 0 Å². The summed E-state index contributed by atoms with van der Waals surface area (Å²) in [6, 6.07) is 0.734. The van der Waals surface area contributed by atoms with Gasteiger partial charge in [0, 0.05) is 16.8 Å². The van der Waals surface area contributed by atoms with Gasteiger partial charge in [-0.15, -0.1) is 11.3 Å². The van der Waals surface area contributed by atoms with Gasteiger partial charge in [-0.05, 0) is 39.4 Å². The van der Waals surface area contributed by atoms with Gasteiger partial charge in [-0.25, -0.2) is 4.98 Å². The van der Waals surface area contributed by atoms with Gasteiger partial charge in [0.25, 0.3) is 0 Å². The van der Waals surface area contributed by atoms with Crippen LogP contribution >= 0.6 is 11.3 Å². The molecule has 1 N–H and O–H groups in total. The fraction of sp³-hybridized carbons (Fsp3) is 0.812. The fourth-order valence-corrected chi connectivity index (χ4v) is 3.85. The summed E-state index contributed by atoms with van der Waals surface area (Å²) in [7, 11) is 2.05. The summed E-state index contributed by atoms with van der Waals surface area (Å²) in [6.45, 7) is 10.1. The Labute approximate surface area is 127 Å². The maximum atomic E-state index is 4.85. The largest absolute Gasteiger partial charge is 0.320 e. The van der Waals surface area contributed by atoms with Crippen LogP contribution in [0.3, 0.4) is 0 Å². The highest BCUT2D eigenvalue weighted by Crippen LogP contribution is 2.27. The number of rotatable bonds is 5. The van der Waals surface area contributed by atoms with E-state index in [1.54, 1.807) is 0 Å². The second-order valence-corrected chi connectivity index (χ2v) is 7.83. The highest BCUT2D eigenvalue weighted by atomic mass is 32.1. The maximum Gasteiger partial charge on any atom is 0.107 e. The van der Waals surface area contributed by atoms with Crippen molar-refractivity contribution in [1.29, 1.82) is 0 Å². The molecule has 0 amide bonds. The van der Waals surface area contributed by atoms with E-state index in [9.17, 15) is 0 Å². The molecule has 1 fully saturated rings. The van der Waals surface area contributed by atoms with E-state index < -0.39 is 0 Å². The van der Waals surface area contributed by atoms with E-state index >= 15 is 0 Å². The lowest BCUT2D eigenvalue weighted by Crippen LogP contribution is -2.40. The van der Waals surface area contributed by atoms with E-state index in [2.05, 4.69) is 36.4 Å². The van der Waals surface area contributed by atoms with Crippen molar-refractivity contribution in [3.05, 3.63) is 16.1 Å². The number of piperidine rings is 1. The molecule has 1 saturated heterocycles. The van der Waals surface area contributed by atoms with E-state index in [1.807, 2.05) is 18.4 Å². The number of hydrogen-bond acceptors (Lipinski definition) is 4. The molecule has 1 aromatic heterocycles. The minimum Gasteiger partial charge on any atom is -0.320 e. The Hall–Kier alpha value is -0.450. The summed E-state index contributed by atoms with van der Waals surface area (Å²) in [5, 5.41) is 6.81. The lowest BCUT2D eigenvalue weighted by Gasteiger charge is -2.35. The Kier molecular flexibility index (Phi) is 5.58. The van der Waals surface area contributed by atoms with Crippen molar-refractivity contribution in [3.63, 3.8) is 0 Å². The van der Waals surface area contributed by atoms with E-state index in [0.717, 1.165) is 19.1 Å². The van der Waals surface area contributed by atoms with E-state index in [1.165, 1.54) is 42.9 Å². The zero-order valence-corrected chi connectivity index (χ0v) is 14.2. The first-order valence-corrected chi connectivity index (χ1v) is 8.72. The Balaban J connectivity index is 1.97. The monoisotopic (exact) mass is 295 g/mol. The SMILES string of the molecule is CNCCC1CCCCN1Cc1nc(C(C)(C)C)cs1. The van der Waals surface area contributed by atoms with Crippen LogP contribution in [-0.2, 0) is 12.0 Å². The number of thiazole rings is 1. The Morgan fingerprint density at radius 2 is 2.20 bits per heavy atom. The molecule has 4 heteroatoms. The molecule has 114 valence electrons. The van der Waals surface area contributed by atoms with Gasteiger partial charge in [-0.3, -0.25) is 4.90 Å². The van der Waals surface area contributed by atoms with Gasteiger partial charge in [0.15, 0.2) is 0 Å². The normalized spacial score (nSPS) is 21.3. The molecule has 0 aromatic carbocycles. The van der Waals surface area contributed by atoms with Crippen molar-refractivity contribution in [1.82, 2.24) is 15.2 Å². The maximum absolute atomic E-state index is 4.85. The highest BCUT2D eigenvalue weighted by Gasteiger charge is 2.24. The Morgan fingerprint density at radius 1 is 1.40 bits per heavy atom. The molecule has 20 heavy (non-hydrogen) atoms. The molecule has 0 saturated carbocycles. The number of aromatic nitrogens is 1. The molecule has 0 aliphatic carbocycles. The number of hydrogen-bond donors (Lipinski definition) is 1. The van der Waals surface area contributed by atoms with Crippen molar-refractivity contribution in [2.75, 3.05) is 20.1 Å². The average Bonchev–Trinajstić information content (AvgIpc) is 2.86. The lowest BCUT2D eigenvalue weighted by atomic mass is 9.93. The van der Waals surface area contributed by atoms with Crippen LogP contribution in [0.15, 0.2) is 5.38 Å². The van der Waals surface area contributed by atoms with Gasteiger partial charge < -0.3 is 5.32 Å². The van der Waals surface area contributed by atoms with Crippen LogP contribution in [-0.4, -0.2) is 36.1 Å². The zero-order chi connectivity index (χ0) is 14.6. The second kappa shape index (κ2) is 7.01. The van der Waals surface area contributed by atoms with E-state index in [-0.39, 0.29) is 5.41 Å². The Morgan fingerprint density at radius 3 is 2.85 bits per heavy atom. The smallest absolute Gasteiger partial charge is 0.107 e. The topological polar surface area (TPSA) is 28.2 Å². The van der Waals surface area contributed by atoms with E-state index in [4.69, 9.17) is 4.98 Å². The fourth-order valence-electron chi connectivity index (χ4n) is 2.81. The zero-order valence-electron chi connectivity index (χ0n) is 13.4. The van der Waals surface area contributed by atoms with Crippen LogP contribution in [0.1, 0.15) is 57.2 Å². The first-order valence-electron chi connectivity index (χ1n) is 7.84. The molecule has 1 aliphatic heterocycles. The minimum absolute atomic E-state index is 0.169. The van der Waals surface area contributed by atoms with Gasteiger partial charge in [0.05, 0.1) is 12.2 Å². The van der Waals surface area contributed by atoms with Gasteiger partial charge in [0.1, 0.15) is 5.01 Å². The third-order valence-electron chi connectivity index (χ3n) is 4.14. The van der Waals surface area contributed by atoms with Crippen LogP contribution in [0, 0.1) is 0 Å². The molecular weight excluding hydrogens is 266 g/mol. The van der Waals surface area contributed by atoms with Crippen molar-refractivity contribution in [3.8, 4) is 0 Å². The lowest BCUT2D eigenvalue weighted by molar-refractivity contribution is 0.132. The predicted molar refractivity (Wildman–Crippen MR) is 87.4 cm³/mol. The summed E-state index contributed by atoms with van der Waals surface area (Å²) in [4.78, 5) is 7.50. The van der Waals surface area contributed by atoms with Crippen LogP contribution in [0.5, 0.6) is 0 Å². The van der Waals surface area contributed by atoms with Gasteiger partial charge in [-0.1, -0.05) is 27.2 Å². The van der Waals surface area contributed by atoms with Crippen molar-refractivity contribution < 1.29 is 0 Å².